The van der Waals surface area contributed by atoms with Crippen molar-refractivity contribution in [1.82, 2.24) is 4.98 Å². The van der Waals surface area contributed by atoms with Crippen molar-refractivity contribution in [3.63, 3.8) is 0 Å². The van der Waals surface area contributed by atoms with E-state index in [4.69, 9.17) is 4.74 Å². The van der Waals surface area contributed by atoms with Crippen molar-refractivity contribution < 1.29 is 9.53 Å². The van der Waals surface area contributed by atoms with Crippen LogP contribution in [0, 0.1) is 6.92 Å². The molecule has 110 valence electrons. The van der Waals surface area contributed by atoms with Gasteiger partial charge in [-0.15, -0.1) is 0 Å². The van der Waals surface area contributed by atoms with Crippen molar-refractivity contribution in [2.75, 3.05) is 0 Å². The molecule has 0 unspecified atom stereocenters. The number of rotatable bonds is 4. The van der Waals surface area contributed by atoms with Gasteiger partial charge in [0.2, 0.25) is 0 Å². The van der Waals surface area contributed by atoms with E-state index >= 15 is 0 Å². The highest BCUT2D eigenvalue weighted by atomic mass is 16.5. The van der Waals surface area contributed by atoms with E-state index in [-0.39, 0.29) is 5.78 Å². The highest BCUT2D eigenvalue weighted by Gasteiger charge is 2.13. The Bertz CT molecular complexity index is 840. The fourth-order valence-electron chi connectivity index (χ4n) is 2.55. The van der Waals surface area contributed by atoms with E-state index in [1.165, 1.54) is 0 Å². The molecule has 3 heteroatoms. The third-order valence-corrected chi connectivity index (χ3v) is 3.73. The van der Waals surface area contributed by atoms with Crippen molar-refractivity contribution in [2.24, 2.45) is 0 Å². The molecule has 1 aromatic heterocycles. The fraction of sp³-hybridized carbons (Fsp3) is 0.158. The molecule has 1 heterocycles. The van der Waals surface area contributed by atoms with Gasteiger partial charge >= 0.3 is 0 Å². The van der Waals surface area contributed by atoms with Crippen LogP contribution in [0.25, 0.3) is 10.8 Å². The van der Waals surface area contributed by atoms with E-state index in [0.717, 1.165) is 22.0 Å². The molecule has 3 nitrogen and oxygen atoms in total. The van der Waals surface area contributed by atoms with Gasteiger partial charge < -0.3 is 4.74 Å². The third-order valence-electron chi connectivity index (χ3n) is 3.73. The molecule has 0 atom stereocenters. The molecule has 0 saturated heterocycles. The van der Waals surface area contributed by atoms with Gasteiger partial charge in [-0.1, -0.05) is 36.4 Å². The summed E-state index contributed by atoms with van der Waals surface area (Å²) in [5.41, 5.74) is 2.59. The normalized spacial score (nSPS) is 10.6. The molecule has 0 saturated carbocycles. The minimum atomic E-state index is 0.00421. The third kappa shape index (κ3) is 2.70. The van der Waals surface area contributed by atoms with Crippen molar-refractivity contribution in [1.29, 1.82) is 0 Å². The molecule has 3 rings (SSSR count). The smallest absolute Gasteiger partial charge is 0.164 e. The van der Waals surface area contributed by atoms with Gasteiger partial charge in [0.25, 0.3) is 0 Å². The van der Waals surface area contributed by atoms with Crippen molar-refractivity contribution in [3.8, 4) is 5.75 Å². The molecular weight excluding hydrogens is 274 g/mol. The Morgan fingerprint density at radius 2 is 1.91 bits per heavy atom. The monoisotopic (exact) mass is 291 g/mol. The fourth-order valence-corrected chi connectivity index (χ4v) is 2.55. The highest BCUT2D eigenvalue weighted by molar-refractivity contribution is 6.09. The van der Waals surface area contributed by atoms with E-state index in [9.17, 15) is 4.79 Å². The number of hydrogen-bond acceptors (Lipinski definition) is 3. The molecule has 0 aliphatic heterocycles. The standard InChI is InChI=1S/C19H17NO2/c1-13-6-5-11-20-17(13)12-22-18-10-9-15-7-3-4-8-16(15)19(18)14(2)21/h3-11H,12H2,1-2H3. The second-order valence-corrected chi connectivity index (χ2v) is 5.27. The number of hydrogen-bond donors (Lipinski definition) is 0. The zero-order chi connectivity index (χ0) is 15.5. The number of carbonyl (C=O) groups excluding carboxylic acids is 1. The first kappa shape index (κ1) is 14.3. The minimum absolute atomic E-state index is 0.00421. The van der Waals surface area contributed by atoms with Crippen LogP contribution in [0.5, 0.6) is 5.75 Å². The van der Waals surface area contributed by atoms with Crippen LogP contribution in [-0.4, -0.2) is 10.8 Å². The van der Waals surface area contributed by atoms with E-state index < -0.39 is 0 Å². The summed E-state index contributed by atoms with van der Waals surface area (Å²) in [4.78, 5) is 16.4. The van der Waals surface area contributed by atoms with Gasteiger partial charge in [0.1, 0.15) is 12.4 Å². The Morgan fingerprint density at radius 1 is 1.09 bits per heavy atom. The topological polar surface area (TPSA) is 39.2 Å². The van der Waals surface area contributed by atoms with E-state index in [1.54, 1.807) is 13.1 Å². The molecule has 0 aliphatic carbocycles. The average molecular weight is 291 g/mol. The SMILES string of the molecule is CC(=O)c1c(OCc2ncccc2C)ccc2ccccc12. The molecule has 3 aromatic rings. The highest BCUT2D eigenvalue weighted by Crippen LogP contribution is 2.29. The molecule has 0 radical (unpaired) electrons. The summed E-state index contributed by atoms with van der Waals surface area (Å²) in [6.45, 7) is 3.92. The molecule has 0 spiro atoms. The lowest BCUT2D eigenvalue weighted by Crippen LogP contribution is -2.05. The van der Waals surface area contributed by atoms with Crippen LogP contribution in [0.2, 0.25) is 0 Å². The number of ether oxygens (including phenoxy) is 1. The number of Topliss-reactive ketones (excluding diaryl/α,β-unsaturated/α-hetero) is 1. The zero-order valence-electron chi connectivity index (χ0n) is 12.7. The van der Waals surface area contributed by atoms with Gasteiger partial charge in [-0.3, -0.25) is 9.78 Å². The first-order valence-electron chi connectivity index (χ1n) is 7.23. The predicted molar refractivity (Wildman–Crippen MR) is 87.3 cm³/mol. The maximum Gasteiger partial charge on any atom is 0.164 e. The second kappa shape index (κ2) is 5.98. The molecule has 0 aliphatic rings. The van der Waals surface area contributed by atoms with Gasteiger partial charge in [0.05, 0.1) is 11.3 Å². The zero-order valence-corrected chi connectivity index (χ0v) is 12.7. The first-order valence-corrected chi connectivity index (χ1v) is 7.23. The Balaban J connectivity index is 1.98. The number of nitrogens with zero attached hydrogens (tertiary/aromatic N) is 1. The number of carbonyl (C=O) groups is 1. The average Bonchev–Trinajstić information content (AvgIpc) is 2.53. The number of aryl methyl sites for hydroxylation is 1. The van der Waals surface area contributed by atoms with E-state index in [2.05, 4.69) is 4.98 Å². The maximum atomic E-state index is 12.1. The number of fused-ring (bicyclic) bond motifs is 1. The molecule has 0 bridgehead atoms. The van der Waals surface area contributed by atoms with Crippen molar-refractivity contribution in [3.05, 3.63) is 71.5 Å². The number of pyridine rings is 1. The van der Waals surface area contributed by atoms with Crippen LogP contribution < -0.4 is 4.74 Å². The summed E-state index contributed by atoms with van der Waals surface area (Å²) in [5, 5.41) is 1.96. The van der Waals surface area contributed by atoms with Gasteiger partial charge in [-0.25, -0.2) is 0 Å². The largest absolute Gasteiger partial charge is 0.487 e. The van der Waals surface area contributed by atoms with Gasteiger partial charge in [0.15, 0.2) is 5.78 Å². The predicted octanol–water partition coefficient (Wildman–Crippen LogP) is 4.32. The summed E-state index contributed by atoms with van der Waals surface area (Å²) in [5.74, 6) is 0.612. The summed E-state index contributed by atoms with van der Waals surface area (Å²) in [6, 6.07) is 15.6. The summed E-state index contributed by atoms with van der Waals surface area (Å²) in [6.07, 6.45) is 1.75. The van der Waals surface area contributed by atoms with Crippen LogP contribution >= 0.6 is 0 Å². The first-order chi connectivity index (χ1) is 10.7. The Kier molecular flexibility index (Phi) is 3.88. The lowest BCUT2D eigenvalue weighted by Gasteiger charge is -2.13. The Hall–Kier alpha value is -2.68. The summed E-state index contributed by atoms with van der Waals surface area (Å²) >= 11 is 0. The molecule has 2 aromatic carbocycles. The van der Waals surface area contributed by atoms with Crippen LogP contribution in [0.15, 0.2) is 54.7 Å². The Labute approximate surface area is 129 Å². The molecule has 0 amide bonds. The summed E-state index contributed by atoms with van der Waals surface area (Å²) < 4.78 is 5.89. The van der Waals surface area contributed by atoms with Crippen LogP contribution in [-0.2, 0) is 6.61 Å². The van der Waals surface area contributed by atoms with E-state index in [0.29, 0.717) is 17.9 Å². The van der Waals surface area contributed by atoms with Crippen LogP contribution in [0.4, 0.5) is 0 Å². The van der Waals surface area contributed by atoms with Gasteiger partial charge in [-0.05, 0) is 42.3 Å². The maximum absolute atomic E-state index is 12.1. The second-order valence-electron chi connectivity index (χ2n) is 5.27. The molecule has 22 heavy (non-hydrogen) atoms. The summed E-state index contributed by atoms with van der Waals surface area (Å²) in [7, 11) is 0. The minimum Gasteiger partial charge on any atom is -0.487 e. The van der Waals surface area contributed by atoms with E-state index in [1.807, 2.05) is 55.5 Å². The lowest BCUT2D eigenvalue weighted by molar-refractivity contribution is 0.101. The quantitative estimate of drug-likeness (QED) is 0.672. The van der Waals surface area contributed by atoms with Crippen LogP contribution in [0.3, 0.4) is 0 Å². The molecule has 0 N–H and O–H groups in total. The number of ketones is 1. The van der Waals surface area contributed by atoms with Gasteiger partial charge in [-0.2, -0.15) is 0 Å². The molecular formula is C19H17NO2. The Morgan fingerprint density at radius 3 is 2.68 bits per heavy atom. The number of benzene rings is 2. The number of aromatic nitrogens is 1. The van der Waals surface area contributed by atoms with Gasteiger partial charge in [0, 0.05) is 6.20 Å². The van der Waals surface area contributed by atoms with Crippen molar-refractivity contribution in [2.45, 2.75) is 20.5 Å². The van der Waals surface area contributed by atoms with Crippen molar-refractivity contribution >= 4 is 16.6 Å². The lowest BCUT2D eigenvalue weighted by atomic mass is 10.0. The molecule has 0 fully saturated rings. The van der Waals surface area contributed by atoms with Crippen LogP contribution in [0.1, 0.15) is 28.5 Å².